The molecule has 0 aromatic rings. The van der Waals surface area contributed by atoms with Crippen molar-refractivity contribution in [3.8, 4) is 0 Å². The maximum Gasteiger partial charge on any atom is 0 e. The fourth-order valence-electron chi connectivity index (χ4n) is 0.289. The van der Waals surface area contributed by atoms with Crippen LogP contribution in [0.25, 0.3) is 0 Å². The van der Waals surface area contributed by atoms with Crippen LogP contribution in [-0.4, -0.2) is 0 Å². The molecule has 0 N–H and O–H groups in total. The van der Waals surface area contributed by atoms with Gasteiger partial charge in [-0.05, 0) is 5.92 Å². The van der Waals surface area contributed by atoms with Gasteiger partial charge in [-0.2, -0.15) is 0 Å². The van der Waals surface area contributed by atoms with E-state index >= 15 is 0 Å². The summed E-state index contributed by atoms with van der Waals surface area (Å²) in [7, 11) is 0. The van der Waals surface area contributed by atoms with Gasteiger partial charge >= 0.3 is 0 Å². The van der Waals surface area contributed by atoms with E-state index in [1.165, 1.54) is 12.8 Å². The Kier molecular flexibility index (Phi) is 9.77. The van der Waals surface area contributed by atoms with Gasteiger partial charge in [0.2, 0.25) is 0 Å². The summed E-state index contributed by atoms with van der Waals surface area (Å²) in [5, 5.41) is 0. The molecule has 0 aliphatic carbocycles. The Hall–Kier alpha value is 0.519. The van der Waals surface area contributed by atoms with Crippen LogP contribution in [0.3, 0.4) is 0 Å². The molecule has 0 saturated heterocycles. The summed E-state index contributed by atoms with van der Waals surface area (Å²) in [5.74, 6) is 0.935. The molecule has 0 saturated carbocycles. The van der Waals surface area contributed by atoms with E-state index in [2.05, 4.69) is 20.8 Å². The van der Waals surface area contributed by atoms with Crippen molar-refractivity contribution < 1.29 is 17.1 Å². The Balaban J connectivity index is 0. The summed E-state index contributed by atoms with van der Waals surface area (Å²) >= 11 is 0. The molecule has 0 unspecified atom stereocenters. The molecular formula is C6H14Fe. The number of hydrogen-bond donors (Lipinski definition) is 0. The topological polar surface area (TPSA) is 0 Å². The molecule has 0 bridgehead atoms. The molecule has 0 aromatic carbocycles. The Morgan fingerprint density at radius 1 is 1.14 bits per heavy atom. The third-order valence-electron chi connectivity index (χ3n) is 1.39. The van der Waals surface area contributed by atoms with E-state index in [-0.39, 0.29) is 17.1 Å². The van der Waals surface area contributed by atoms with Gasteiger partial charge in [-0.1, -0.05) is 33.6 Å². The van der Waals surface area contributed by atoms with Crippen molar-refractivity contribution in [2.45, 2.75) is 33.6 Å². The Morgan fingerprint density at radius 2 is 1.43 bits per heavy atom. The number of rotatable bonds is 2. The van der Waals surface area contributed by atoms with E-state index in [1.54, 1.807) is 0 Å². The van der Waals surface area contributed by atoms with Crippen LogP contribution in [0.2, 0.25) is 0 Å². The quantitative estimate of drug-likeness (QED) is 0.519. The van der Waals surface area contributed by atoms with Crippen LogP contribution >= 0.6 is 0 Å². The van der Waals surface area contributed by atoms with Gasteiger partial charge in [0.15, 0.2) is 0 Å². The molecular weight excluding hydrogens is 128 g/mol. The van der Waals surface area contributed by atoms with Crippen molar-refractivity contribution in [1.82, 2.24) is 0 Å². The van der Waals surface area contributed by atoms with E-state index in [0.29, 0.717) is 0 Å². The van der Waals surface area contributed by atoms with Gasteiger partial charge in [-0.25, -0.2) is 0 Å². The summed E-state index contributed by atoms with van der Waals surface area (Å²) < 4.78 is 0. The second-order valence-electron chi connectivity index (χ2n) is 1.92. The van der Waals surface area contributed by atoms with Gasteiger partial charge in [0.25, 0.3) is 0 Å². The molecule has 7 heavy (non-hydrogen) atoms. The van der Waals surface area contributed by atoms with Crippen molar-refractivity contribution in [2.75, 3.05) is 0 Å². The zero-order valence-corrected chi connectivity index (χ0v) is 6.45. The monoisotopic (exact) mass is 142 g/mol. The Morgan fingerprint density at radius 3 is 1.43 bits per heavy atom. The van der Waals surface area contributed by atoms with Gasteiger partial charge in [0, 0.05) is 17.1 Å². The summed E-state index contributed by atoms with van der Waals surface area (Å²) in [6.45, 7) is 6.74. The predicted octanol–water partition coefficient (Wildman–Crippen LogP) is 2.44. The smallest absolute Gasteiger partial charge is 0 e. The molecule has 46 valence electrons. The minimum absolute atomic E-state index is 0. The minimum Gasteiger partial charge on any atom is -0.0651 e. The average molecular weight is 142 g/mol. The van der Waals surface area contributed by atoms with Gasteiger partial charge in [0.1, 0.15) is 0 Å². The molecule has 0 aliphatic heterocycles. The zero-order chi connectivity index (χ0) is 4.99. The van der Waals surface area contributed by atoms with Gasteiger partial charge in [0.05, 0.1) is 0 Å². The molecule has 0 nitrogen and oxygen atoms in total. The summed E-state index contributed by atoms with van der Waals surface area (Å²) in [4.78, 5) is 0. The standard InChI is InChI=1S/C6H14.Fe/c1-4-6(3)5-2;/h6H,4-5H2,1-3H3;. The summed E-state index contributed by atoms with van der Waals surface area (Å²) in [5.41, 5.74) is 0. The number of hydrogen-bond acceptors (Lipinski definition) is 0. The molecule has 0 amide bonds. The summed E-state index contributed by atoms with van der Waals surface area (Å²) in [6, 6.07) is 0. The normalized spacial score (nSPS) is 8.57. The SMILES string of the molecule is CCC(C)CC.[Fe]. The van der Waals surface area contributed by atoms with Crippen molar-refractivity contribution in [3.05, 3.63) is 0 Å². The molecule has 0 rings (SSSR count). The van der Waals surface area contributed by atoms with E-state index < -0.39 is 0 Å². The fourth-order valence-corrected chi connectivity index (χ4v) is 0.289. The van der Waals surface area contributed by atoms with Crippen LogP contribution in [0.4, 0.5) is 0 Å². The second-order valence-corrected chi connectivity index (χ2v) is 1.92. The first-order valence-corrected chi connectivity index (χ1v) is 2.81. The van der Waals surface area contributed by atoms with Gasteiger partial charge < -0.3 is 0 Å². The average Bonchev–Trinajstić information content (AvgIpc) is 1.65. The van der Waals surface area contributed by atoms with E-state index in [1.807, 2.05) is 0 Å². The van der Waals surface area contributed by atoms with Crippen molar-refractivity contribution >= 4 is 0 Å². The Labute approximate surface area is 57.2 Å². The first kappa shape index (κ1) is 10.5. The van der Waals surface area contributed by atoms with Crippen LogP contribution < -0.4 is 0 Å². The molecule has 0 aromatic heterocycles. The van der Waals surface area contributed by atoms with Crippen molar-refractivity contribution in [3.63, 3.8) is 0 Å². The minimum atomic E-state index is 0. The van der Waals surface area contributed by atoms with Crippen LogP contribution in [0.5, 0.6) is 0 Å². The van der Waals surface area contributed by atoms with Gasteiger partial charge in [-0.15, -0.1) is 0 Å². The van der Waals surface area contributed by atoms with E-state index in [9.17, 15) is 0 Å². The zero-order valence-electron chi connectivity index (χ0n) is 5.35. The Bertz CT molecular complexity index is 23.4. The maximum atomic E-state index is 2.28. The predicted molar refractivity (Wildman–Crippen MR) is 29.7 cm³/mol. The molecule has 0 fully saturated rings. The van der Waals surface area contributed by atoms with Gasteiger partial charge in [-0.3, -0.25) is 0 Å². The molecule has 0 heterocycles. The largest absolute Gasteiger partial charge is 0.0651 e. The van der Waals surface area contributed by atoms with Crippen LogP contribution in [0.15, 0.2) is 0 Å². The molecule has 0 spiro atoms. The first-order valence-electron chi connectivity index (χ1n) is 2.81. The van der Waals surface area contributed by atoms with Crippen molar-refractivity contribution in [2.24, 2.45) is 5.92 Å². The second kappa shape index (κ2) is 6.52. The van der Waals surface area contributed by atoms with E-state index in [0.717, 1.165) is 5.92 Å². The third-order valence-corrected chi connectivity index (χ3v) is 1.39. The first-order chi connectivity index (χ1) is 2.81. The molecule has 0 atom stereocenters. The van der Waals surface area contributed by atoms with Crippen LogP contribution in [0.1, 0.15) is 33.6 Å². The van der Waals surface area contributed by atoms with Crippen LogP contribution in [0, 0.1) is 5.92 Å². The van der Waals surface area contributed by atoms with E-state index in [4.69, 9.17) is 0 Å². The van der Waals surface area contributed by atoms with Crippen molar-refractivity contribution in [1.29, 1.82) is 0 Å². The third kappa shape index (κ3) is 6.52. The molecule has 1 heteroatoms. The molecule has 0 aliphatic rings. The maximum absolute atomic E-state index is 2.28. The molecule has 0 radical (unpaired) electrons. The van der Waals surface area contributed by atoms with Crippen LogP contribution in [-0.2, 0) is 17.1 Å². The fraction of sp³-hybridized carbons (Fsp3) is 1.00. The summed E-state index contributed by atoms with van der Waals surface area (Å²) in [6.07, 6.45) is 2.66.